The third kappa shape index (κ3) is 3.83. The molecule has 4 aromatic rings. The second kappa shape index (κ2) is 9.62. The van der Waals surface area contributed by atoms with Gasteiger partial charge in [-0.15, -0.1) is 5.10 Å². The van der Waals surface area contributed by atoms with Gasteiger partial charge in [0.1, 0.15) is 11.6 Å². The summed E-state index contributed by atoms with van der Waals surface area (Å²) in [5.74, 6) is -0.607. The standard InChI is InChI=1S/C27H26F2N6O.C2H6/c1-15(36)13-35-14-16(12-31-35)25-30-10-8-22(32-25)27-9-7-18(26(27,2)3)17-11-21(33-34-24(17)27)23-19(28)5-4-6-20(23)29;1-2/h4-6,8,10-12,14-15,18,36H,7,9,13H2,1-3H3;1-2H3/t15-,18+,27+;/m1./s1. The summed E-state index contributed by atoms with van der Waals surface area (Å²) in [5, 5.41) is 22.9. The lowest BCUT2D eigenvalue weighted by atomic mass is 9.66. The number of rotatable bonds is 5. The summed E-state index contributed by atoms with van der Waals surface area (Å²) in [7, 11) is 0. The summed E-state index contributed by atoms with van der Waals surface area (Å²) in [6.07, 6.45) is 6.50. The predicted octanol–water partition coefficient (Wildman–Crippen LogP) is 5.69. The molecule has 3 heterocycles. The van der Waals surface area contributed by atoms with Gasteiger partial charge in [0, 0.05) is 12.4 Å². The number of hydrogen-bond donors (Lipinski definition) is 1. The van der Waals surface area contributed by atoms with Crippen molar-refractivity contribution in [1.29, 1.82) is 0 Å². The number of aliphatic hydroxyl groups is 1. The third-order valence-electron chi connectivity index (χ3n) is 8.04. The molecule has 0 unspecified atom stereocenters. The van der Waals surface area contributed by atoms with Gasteiger partial charge in [-0.1, -0.05) is 33.8 Å². The van der Waals surface area contributed by atoms with E-state index in [4.69, 9.17) is 4.98 Å². The Morgan fingerprint density at radius 1 is 1.13 bits per heavy atom. The van der Waals surface area contributed by atoms with Gasteiger partial charge < -0.3 is 5.11 Å². The number of benzene rings is 1. The fourth-order valence-electron chi connectivity index (χ4n) is 6.34. The molecule has 2 aliphatic carbocycles. The third-order valence-corrected chi connectivity index (χ3v) is 8.04. The maximum absolute atomic E-state index is 14.5. The van der Waals surface area contributed by atoms with Crippen LogP contribution in [-0.4, -0.2) is 41.2 Å². The van der Waals surface area contributed by atoms with Crippen LogP contribution < -0.4 is 0 Å². The van der Waals surface area contributed by atoms with Crippen LogP contribution in [0.5, 0.6) is 0 Å². The lowest BCUT2D eigenvalue weighted by Gasteiger charge is -2.37. The Balaban J connectivity index is 0.00000144. The average Bonchev–Trinajstić information content (AvgIpc) is 3.52. The summed E-state index contributed by atoms with van der Waals surface area (Å²) >= 11 is 0. The number of nitrogens with zero attached hydrogens (tertiary/aromatic N) is 6. The molecule has 6 rings (SSSR count). The van der Waals surface area contributed by atoms with E-state index < -0.39 is 23.2 Å². The summed E-state index contributed by atoms with van der Waals surface area (Å²) in [6.45, 7) is 10.5. The molecule has 1 aromatic carbocycles. The van der Waals surface area contributed by atoms with Crippen LogP contribution >= 0.6 is 0 Å². The van der Waals surface area contributed by atoms with Gasteiger partial charge in [-0.3, -0.25) is 4.68 Å². The zero-order valence-electron chi connectivity index (χ0n) is 22.3. The fourth-order valence-corrected chi connectivity index (χ4v) is 6.34. The Labute approximate surface area is 221 Å². The Kier molecular flexibility index (Phi) is 6.59. The van der Waals surface area contributed by atoms with Crippen molar-refractivity contribution in [2.24, 2.45) is 5.41 Å². The second-order valence-corrected chi connectivity index (χ2v) is 10.4. The van der Waals surface area contributed by atoms with E-state index in [0.29, 0.717) is 12.4 Å². The first-order valence-corrected chi connectivity index (χ1v) is 13.1. The van der Waals surface area contributed by atoms with Crippen LogP contribution in [-0.2, 0) is 12.0 Å². The topological polar surface area (TPSA) is 89.6 Å². The lowest BCUT2D eigenvalue weighted by molar-refractivity contribution is 0.168. The predicted molar refractivity (Wildman–Crippen MR) is 140 cm³/mol. The zero-order valence-corrected chi connectivity index (χ0v) is 22.3. The Morgan fingerprint density at radius 2 is 1.87 bits per heavy atom. The van der Waals surface area contributed by atoms with Gasteiger partial charge in [0.15, 0.2) is 5.82 Å². The average molecular weight is 519 g/mol. The van der Waals surface area contributed by atoms with Crippen molar-refractivity contribution < 1.29 is 13.9 Å². The molecule has 0 aliphatic heterocycles. The van der Waals surface area contributed by atoms with Gasteiger partial charge in [0.2, 0.25) is 0 Å². The van der Waals surface area contributed by atoms with Gasteiger partial charge in [-0.2, -0.15) is 10.2 Å². The van der Waals surface area contributed by atoms with Crippen molar-refractivity contribution in [2.75, 3.05) is 0 Å². The van der Waals surface area contributed by atoms with E-state index in [9.17, 15) is 13.9 Å². The highest BCUT2D eigenvalue weighted by atomic mass is 19.1. The summed E-state index contributed by atoms with van der Waals surface area (Å²) in [5.41, 5.74) is 2.72. The van der Waals surface area contributed by atoms with Crippen LogP contribution in [0.3, 0.4) is 0 Å². The highest BCUT2D eigenvalue weighted by Crippen LogP contribution is 2.69. The minimum Gasteiger partial charge on any atom is -0.391 e. The fraction of sp³-hybridized carbons (Fsp3) is 0.414. The normalized spacial score (nSPS) is 21.5. The number of halogens is 2. The minimum absolute atomic E-state index is 0.152. The maximum atomic E-state index is 14.5. The van der Waals surface area contributed by atoms with Crippen LogP contribution in [0.15, 0.2) is 48.9 Å². The van der Waals surface area contributed by atoms with Gasteiger partial charge in [0.25, 0.3) is 0 Å². The largest absolute Gasteiger partial charge is 0.391 e. The Morgan fingerprint density at radius 3 is 2.58 bits per heavy atom. The Hall–Kier alpha value is -3.59. The quantitative estimate of drug-likeness (QED) is 0.365. The van der Waals surface area contributed by atoms with Gasteiger partial charge in [-0.05, 0) is 60.9 Å². The van der Waals surface area contributed by atoms with Gasteiger partial charge >= 0.3 is 0 Å². The Bertz CT molecular complexity index is 1460. The van der Waals surface area contributed by atoms with Crippen LogP contribution in [0.4, 0.5) is 8.78 Å². The summed E-state index contributed by atoms with van der Waals surface area (Å²) < 4.78 is 30.7. The summed E-state index contributed by atoms with van der Waals surface area (Å²) in [4.78, 5) is 9.46. The van der Waals surface area contributed by atoms with E-state index in [1.165, 1.54) is 18.2 Å². The van der Waals surface area contributed by atoms with Crippen molar-refractivity contribution >= 4 is 0 Å². The smallest absolute Gasteiger partial charge is 0.162 e. The molecule has 2 aliphatic rings. The van der Waals surface area contributed by atoms with Crippen LogP contribution in [0, 0.1) is 17.0 Å². The highest BCUT2D eigenvalue weighted by molar-refractivity contribution is 5.64. The van der Waals surface area contributed by atoms with Crippen LogP contribution in [0.1, 0.15) is 70.3 Å². The molecule has 0 spiro atoms. The molecular formula is C29H32F2N6O. The zero-order chi connectivity index (χ0) is 27.2. The molecule has 198 valence electrons. The molecule has 9 heteroatoms. The molecule has 7 nitrogen and oxygen atoms in total. The van der Waals surface area contributed by atoms with Crippen LogP contribution in [0.25, 0.3) is 22.6 Å². The number of aromatic nitrogens is 6. The molecule has 1 fully saturated rings. The molecule has 3 atom stereocenters. The van der Waals surface area contributed by atoms with Crippen molar-refractivity contribution in [1.82, 2.24) is 29.9 Å². The highest BCUT2D eigenvalue weighted by Gasteiger charge is 2.65. The molecule has 0 saturated heterocycles. The van der Waals surface area contributed by atoms with Crippen molar-refractivity contribution in [3.8, 4) is 22.6 Å². The first kappa shape index (κ1) is 26.0. The van der Waals surface area contributed by atoms with Crippen molar-refractivity contribution in [3.63, 3.8) is 0 Å². The van der Waals surface area contributed by atoms with E-state index in [-0.39, 0.29) is 22.6 Å². The number of hydrogen-bond acceptors (Lipinski definition) is 6. The lowest BCUT2D eigenvalue weighted by Crippen LogP contribution is -2.38. The summed E-state index contributed by atoms with van der Waals surface area (Å²) in [6, 6.07) is 7.54. The second-order valence-electron chi connectivity index (χ2n) is 10.4. The molecule has 3 aromatic heterocycles. The van der Waals surface area contributed by atoms with Crippen molar-refractivity contribution in [2.45, 2.75) is 71.4 Å². The molecule has 0 amide bonds. The van der Waals surface area contributed by atoms with Crippen molar-refractivity contribution in [3.05, 3.63) is 77.5 Å². The minimum atomic E-state index is -0.655. The number of aliphatic hydroxyl groups excluding tert-OH is 1. The maximum Gasteiger partial charge on any atom is 0.162 e. The molecule has 2 bridgehead atoms. The first-order valence-electron chi connectivity index (χ1n) is 13.1. The molecule has 38 heavy (non-hydrogen) atoms. The molecule has 1 saturated carbocycles. The van der Waals surface area contributed by atoms with E-state index in [2.05, 4.69) is 34.1 Å². The van der Waals surface area contributed by atoms with E-state index in [1.807, 2.05) is 26.1 Å². The molecule has 1 N–H and O–H groups in total. The van der Waals surface area contributed by atoms with E-state index >= 15 is 0 Å². The molecular weight excluding hydrogens is 486 g/mol. The van der Waals surface area contributed by atoms with E-state index in [0.717, 1.165) is 35.4 Å². The molecule has 0 radical (unpaired) electrons. The van der Waals surface area contributed by atoms with E-state index in [1.54, 1.807) is 30.1 Å². The first-order chi connectivity index (χ1) is 18.2. The van der Waals surface area contributed by atoms with Crippen LogP contribution in [0.2, 0.25) is 0 Å². The van der Waals surface area contributed by atoms with Gasteiger partial charge in [0.05, 0.1) is 52.5 Å². The SMILES string of the molecule is CC.C[C@@H](O)Cn1cc(-c2nccc([C@@]34CC[C@@H](c5cc(-c6c(F)cccc6F)nnc53)C4(C)C)n2)cn1. The number of fused-ring (bicyclic) bond motifs is 5. The van der Waals surface area contributed by atoms with Gasteiger partial charge in [-0.25, -0.2) is 18.7 Å². The monoisotopic (exact) mass is 518 g/mol.